The highest BCUT2D eigenvalue weighted by atomic mass is 16.5. The maximum absolute atomic E-state index is 13.5. The first-order chi connectivity index (χ1) is 21.9. The average Bonchev–Trinajstić information content (AvgIpc) is 3.61. The Balaban J connectivity index is 0.878. The summed E-state index contributed by atoms with van der Waals surface area (Å²) in [7, 11) is 0. The molecule has 3 fully saturated rings. The van der Waals surface area contributed by atoms with Gasteiger partial charge in [-0.25, -0.2) is 19.7 Å². The fourth-order valence-corrected chi connectivity index (χ4v) is 9.61. The van der Waals surface area contributed by atoms with E-state index in [2.05, 4.69) is 53.1 Å². The number of esters is 1. The van der Waals surface area contributed by atoms with Crippen molar-refractivity contribution in [3.63, 3.8) is 0 Å². The van der Waals surface area contributed by atoms with E-state index in [4.69, 9.17) is 9.73 Å². The lowest BCUT2D eigenvalue weighted by atomic mass is 9.97. The second-order valence-electron chi connectivity index (χ2n) is 15.5. The Morgan fingerprint density at radius 1 is 0.978 bits per heavy atom. The molecule has 45 heavy (non-hydrogen) atoms. The van der Waals surface area contributed by atoms with E-state index in [-0.39, 0.29) is 18.1 Å². The number of hydrogen-bond acceptors (Lipinski definition) is 6. The van der Waals surface area contributed by atoms with E-state index in [1.165, 1.54) is 121 Å². The van der Waals surface area contributed by atoms with Crippen LogP contribution in [0.5, 0.6) is 0 Å². The summed E-state index contributed by atoms with van der Waals surface area (Å²) in [6.07, 6.45) is 25.0. The van der Waals surface area contributed by atoms with Crippen molar-refractivity contribution < 1.29 is 19.4 Å². The lowest BCUT2D eigenvalue weighted by Crippen LogP contribution is -3.00. The van der Waals surface area contributed by atoms with Gasteiger partial charge in [0.05, 0.1) is 12.1 Å². The zero-order valence-corrected chi connectivity index (χ0v) is 29.0. The second kappa shape index (κ2) is 15.2. The third-order valence-electron chi connectivity index (χ3n) is 11.9. The van der Waals surface area contributed by atoms with Crippen molar-refractivity contribution in [2.75, 3.05) is 0 Å². The van der Waals surface area contributed by atoms with Crippen LogP contribution in [0.15, 0.2) is 16.3 Å². The lowest BCUT2D eigenvalue weighted by molar-refractivity contribution is -0.710. The van der Waals surface area contributed by atoms with E-state index >= 15 is 0 Å². The predicted molar refractivity (Wildman–Crippen MR) is 181 cm³/mol. The van der Waals surface area contributed by atoms with Gasteiger partial charge in [-0.05, 0) is 85.0 Å². The molecule has 0 aromatic carbocycles. The molecule has 252 valence electrons. The van der Waals surface area contributed by atoms with Gasteiger partial charge in [0.1, 0.15) is 29.4 Å². The van der Waals surface area contributed by atoms with Crippen molar-refractivity contribution in [2.24, 2.45) is 4.99 Å². The number of unbranched alkanes of at least 4 members (excludes halogenated alkanes) is 8. The number of hydrogen-bond donors (Lipinski definition) is 3. The van der Waals surface area contributed by atoms with Gasteiger partial charge in [-0.3, -0.25) is 0 Å². The Morgan fingerprint density at radius 2 is 1.71 bits per heavy atom. The number of aliphatic imine (C=N–C) groups is 1. The molecule has 0 spiro atoms. The highest BCUT2D eigenvalue weighted by Gasteiger charge is 2.51. The first kappa shape index (κ1) is 32.8. The fourth-order valence-electron chi connectivity index (χ4n) is 9.61. The molecule has 6 aliphatic heterocycles. The predicted octanol–water partition coefficient (Wildman–Crippen LogP) is 5.46. The van der Waals surface area contributed by atoms with Crippen LogP contribution in [0, 0.1) is 0 Å². The van der Waals surface area contributed by atoms with Crippen LogP contribution in [0.3, 0.4) is 0 Å². The molecule has 0 aromatic heterocycles. The zero-order valence-electron chi connectivity index (χ0n) is 29.0. The summed E-state index contributed by atoms with van der Waals surface area (Å²) in [6, 6.07) is 3.90. The molecule has 8 nitrogen and oxygen atoms in total. The number of ether oxygens (including phenoxy) is 1. The van der Waals surface area contributed by atoms with Crippen LogP contribution in [0.25, 0.3) is 0 Å². The van der Waals surface area contributed by atoms with E-state index in [1.54, 1.807) is 0 Å². The van der Waals surface area contributed by atoms with Crippen molar-refractivity contribution in [2.45, 2.75) is 205 Å². The largest absolute Gasteiger partial charge is 0.459 e. The van der Waals surface area contributed by atoms with Crippen LogP contribution in [-0.2, 0) is 9.53 Å². The third-order valence-corrected chi connectivity index (χ3v) is 11.9. The molecule has 6 aliphatic rings. The Morgan fingerprint density at radius 3 is 2.53 bits per heavy atom. The molecule has 8 heteroatoms. The number of allylic oxidation sites excluding steroid dienone is 1. The molecule has 4 N–H and O–H groups in total. The average molecular weight is 625 g/mol. The fraction of sp³-hybridized carbons (Fsp3) is 0.865. The van der Waals surface area contributed by atoms with Crippen molar-refractivity contribution in [1.29, 1.82) is 0 Å². The number of nitrogens with two attached hydrogens (primary N) is 1. The number of nitrogens with zero attached hydrogens (tertiary/aromatic N) is 3. The molecular formula is C37H64N6O2+2. The SMILES string of the molecule is CCCCCCC[C@@H]1C[C@@H]2CC[C@H]3C(C(=O)O[C@H](C)CCCCCCC[C@@H]4C[C@@H]5CC[C@@H]6C[C@H](C)NC(=N4)N65)=C(C)NC(=[N+]23)[NH2+]1. The van der Waals surface area contributed by atoms with Gasteiger partial charge < -0.3 is 15.0 Å². The molecule has 0 aliphatic carbocycles. The zero-order chi connectivity index (χ0) is 31.3. The highest BCUT2D eigenvalue weighted by molar-refractivity contribution is 5.92. The number of carbonyl (C=O) groups is 1. The Hall–Kier alpha value is -2.09. The van der Waals surface area contributed by atoms with Crippen LogP contribution in [0.4, 0.5) is 0 Å². The summed E-state index contributed by atoms with van der Waals surface area (Å²) < 4.78 is 8.59. The lowest BCUT2D eigenvalue weighted by Gasteiger charge is -2.44. The van der Waals surface area contributed by atoms with Crippen LogP contribution >= 0.6 is 0 Å². The summed E-state index contributed by atoms with van der Waals surface area (Å²) in [5.41, 5.74) is 1.88. The maximum Gasteiger partial charge on any atom is 0.446 e. The summed E-state index contributed by atoms with van der Waals surface area (Å²) in [6.45, 7) is 8.75. The minimum atomic E-state index is -0.0988. The number of nitrogens with one attached hydrogen (secondary N) is 2. The quantitative estimate of drug-likeness (QED) is 0.121. The number of rotatable bonds is 16. The highest BCUT2D eigenvalue weighted by Crippen LogP contribution is 2.37. The summed E-state index contributed by atoms with van der Waals surface area (Å²) in [5.74, 6) is 2.35. The second-order valence-corrected chi connectivity index (χ2v) is 15.5. The minimum absolute atomic E-state index is 0.0352. The first-order valence-electron chi connectivity index (χ1n) is 19.2. The first-order valence-corrected chi connectivity index (χ1v) is 19.2. The van der Waals surface area contributed by atoms with Crippen molar-refractivity contribution in [3.05, 3.63) is 11.3 Å². The normalized spacial score (nSPS) is 32.5. The molecule has 0 radical (unpaired) electrons. The number of quaternary nitrogens is 1. The molecule has 0 amide bonds. The van der Waals surface area contributed by atoms with E-state index in [1.807, 2.05) is 0 Å². The molecule has 8 atom stereocenters. The van der Waals surface area contributed by atoms with E-state index in [0.29, 0.717) is 24.2 Å². The van der Waals surface area contributed by atoms with Gasteiger partial charge in [0, 0.05) is 31.0 Å². The third kappa shape index (κ3) is 7.73. The van der Waals surface area contributed by atoms with E-state index in [0.717, 1.165) is 42.6 Å². The van der Waals surface area contributed by atoms with Crippen LogP contribution in [-0.4, -0.2) is 75.8 Å². The monoisotopic (exact) mass is 625 g/mol. The van der Waals surface area contributed by atoms with Gasteiger partial charge in [0.2, 0.25) is 0 Å². The molecule has 0 aromatic rings. The molecule has 0 unspecified atom stereocenters. The number of guanidine groups is 2. The standard InChI is InChI=1S/C37H62N6O2/c1-5-6-7-9-13-16-29-24-32-20-21-33-34(27(4)39-37(41-29)43(32)33)35(44)45-26(3)15-12-10-8-11-14-17-28-23-31-19-18-30-22-25(2)38-36(40-28)42(30)31/h25-26,28-33H,5-24H2,1-4H3,(H2,38,39,40,41,44)/p+2/t25-,26+,28+,29+,30+,31-,32-,33-/m0/s1. The molecule has 6 heterocycles. The van der Waals surface area contributed by atoms with Crippen LogP contribution < -0.4 is 16.0 Å². The smallest absolute Gasteiger partial charge is 0.446 e. The summed E-state index contributed by atoms with van der Waals surface area (Å²) >= 11 is 0. The van der Waals surface area contributed by atoms with Gasteiger partial charge in [0.15, 0.2) is 5.96 Å². The Labute approximate surface area is 273 Å². The molecule has 0 saturated carbocycles. The Kier molecular flexibility index (Phi) is 11.1. The van der Waals surface area contributed by atoms with Gasteiger partial charge in [0.25, 0.3) is 0 Å². The summed E-state index contributed by atoms with van der Waals surface area (Å²) in [5, 5.41) is 9.78. The van der Waals surface area contributed by atoms with E-state index < -0.39 is 0 Å². The molecular weight excluding hydrogens is 560 g/mol. The molecule has 0 bridgehead atoms. The van der Waals surface area contributed by atoms with Crippen LogP contribution in [0.1, 0.15) is 156 Å². The Bertz CT molecular complexity index is 1130. The van der Waals surface area contributed by atoms with Gasteiger partial charge in [-0.1, -0.05) is 58.3 Å². The molecule has 3 saturated heterocycles. The van der Waals surface area contributed by atoms with Crippen LogP contribution in [0.2, 0.25) is 0 Å². The topological polar surface area (TPSA) is 85.6 Å². The van der Waals surface area contributed by atoms with Gasteiger partial charge in [-0.15, -0.1) is 0 Å². The van der Waals surface area contributed by atoms with Crippen molar-refractivity contribution >= 4 is 17.9 Å². The van der Waals surface area contributed by atoms with E-state index in [9.17, 15) is 4.79 Å². The van der Waals surface area contributed by atoms with Gasteiger partial charge >= 0.3 is 11.9 Å². The number of carbonyl (C=O) groups excluding carboxylic acids is 1. The maximum atomic E-state index is 13.5. The van der Waals surface area contributed by atoms with Crippen molar-refractivity contribution in [1.82, 2.24) is 15.5 Å². The van der Waals surface area contributed by atoms with Gasteiger partial charge in [-0.2, -0.15) is 5.32 Å². The summed E-state index contributed by atoms with van der Waals surface area (Å²) in [4.78, 5) is 21.2. The molecule has 6 rings (SSSR count). The van der Waals surface area contributed by atoms with Crippen molar-refractivity contribution in [3.8, 4) is 0 Å². The minimum Gasteiger partial charge on any atom is -0.459 e.